The molecule has 5 heteroatoms. The normalized spacial score (nSPS) is 36.4. The van der Waals surface area contributed by atoms with Gasteiger partial charge in [0.05, 0.1) is 7.11 Å². The molecule has 2 rings (SSSR count). The number of ether oxygens (including phenoxy) is 2. The molecule has 1 aliphatic heterocycles. The van der Waals surface area contributed by atoms with Gasteiger partial charge >= 0.3 is 12.1 Å². The second-order valence-corrected chi connectivity index (χ2v) is 3.37. The predicted octanol–water partition coefficient (Wildman–Crippen LogP) is 0.190. The second kappa shape index (κ2) is 2.61. The molecule has 1 saturated heterocycles. The minimum Gasteiger partial charge on any atom is -0.467 e. The number of methoxy groups -OCH3 is 1. The highest BCUT2D eigenvalue weighted by molar-refractivity contribution is 5.89. The van der Waals surface area contributed by atoms with Crippen molar-refractivity contribution in [2.24, 2.45) is 0 Å². The summed E-state index contributed by atoms with van der Waals surface area (Å²) in [6.45, 7) is 0. The van der Waals surface area contributed by atoms with Crippen LogP contribution in [0.3, 0.4) is 0 Å². The van der Waals surface area contributed by atoms with Crippen molar-refractivity contribution in [1.29, 1.82) is 0 Å². The highest BCUT2D eigenvalue weighted by atomic mass is 16.6. The van der Waals surface area contributed by atoms with Gasteiger partial charge in [-0.15, -0.1) is 0 Å². The number of esters is 1. The van der Waals surface area contributed by atoms with Crippen molar-refractivity contribution in [2.45, 2.75) is 30.9 Å². The van der Waals surface area contributed by atoms with Crippen molar-refractivity contribution in [3.05, 3.63) is 0 Å². The standard InChI is InChI=1S/C8H11NO4/c1-12-6(10)8-4-2-3-5(8)13-7(11)9-8/h5H,2-4H2,1H3,(H,9,11)/t5-,8+/m1/s1. The number of rotatable bonds is 1. The molecule has 0 aromatic rings. The number of carbonyl (C=O) groups excluding carboxylic acids is 2. The van der Waals surface area contributed by atoms with Crippen LogP contribution in [0.4, 0.5) is 4.79 Å². The molecule has 2 aliphatic rings. The fourth-order valence-electron chi connectivity index (χ4n) is 2.08. The van der Waals surface area contributed by atoms with Crippen LogP contribution in [0.5, 0.6) is 0 Å². The Morgan fingerprint density at radius 3 is 3.23 bits per heavy atom. The highest BCUT2D eigenvalue weighted by Gasteiger charge is 2.58. The molecular formula is C8H11NO4. The maximum absolute atomic E-state index is 11.4. The molecule has 0 aromatic heterocycles. The zero-order valence-corrected chi connectivity index (χ0v) is 7.33. The fraction of sp³-hybridized carbons (Fsp3) is 0.750. The van der Waals surface area contributed by atoms with Crippen molar-refractivity contribution in [3.8, 4) is 0 Å². The molecule has 1 aliphatic carbocycles. The van der Waals surface area contributed by atoms with Crippen LogP contribution in [0, 0.1) is 0 Å². The number of alkyl carbamates (subject to hydrolysis) is 1. The maximum atomic E-state index is 11.4. The van der Waals surface area contributed by atoms with Crippen molar-refractivity contribution in [3.63, 3.8) is 0 Å². The first-order chi connectivity index (χ1) is 6.19. The zero-order valence-electron chi connectivity index (χ0n) is 7.33. The molecule has 1 amide bonds. The van der Waals surface area contributed by atoms with Crippen molar-refractivity contribution >= 4 is 12.1 Å². The Morgan fingerprint density at radius 1 is 1.77 bits per heavy atom. The SMILES string of the molecule is COC(=O)[C@]12CCC[C@H]1OC(=O)N2. The van der Waals surface area contributed by atoms with Crippen LogP contribution in [0.1, 0.15) is 19.3 Å². The molecule has 0 bridgehead atoms. The minimum absolute atomic E-state index is 0.340. The van der Waals surface area contributed by atoms with Gasteiger partial charge in [-0.3, -0.25) is 0 Å². The number of hydrogen-bond donors (Lipinski definition) is 1. The number of amides is 1. The van der Waals surface area contributed by atoms with Crippen LogP contribution in [-0.2, 0) is 14.3 Å². The molecule has 0 aromatic carbocycles. The summed E-state index contributed by atoms with van der Waals surface area (Å²) in [6, 6.07) is 0. The van der Waals surface area contributed by atoms with Gasteiger partial charge in [-0.2, -0.15) is 0 Å². The van der Waals surface area contributed by atoms with Gasteiger partial charge in [-0.1, -0.05) is 0 Å². The molecular weight excluding hydrogens is 174 g/mol. The van der Waals surface area contributed by atoms with Gasteiger partial charge in [0, 0.05) is 0 Å². The van der Waals surface area contributed by atoms with Gasteiger partial charge in [0.1, 0.15) is 6.10 Å². The lowest BCUT2D eigenvalue weighted by atomic mass is 9.96. The van der Waals surface area contributed by atoms with Crippen molar-refractivity contribution < 1.29 is 19.1 Å². The second-order valence-electron chi connectivity index (χ2n) is 3.37. The van der Waals surface area contributed by atoms with Gasteiger partial charge in [0.15, 0.2) is 5.54 Å². The summed E-state index contributed by atoms with van der Waals surface area (Å²) in [6.07, 6.45) is 1.35. The lowest BCUT2D eigenvalue weighted by Crippen LogP contribution is -2.52. The van der Waals surface area contributed by atoms with E-state index in [-0.39, 0.29) is 6.10 Å². The zero-order chi connectivity index (χ0) is 9.47. The van der Waals surface area contributed by atoms with Crippen LogP contribution in [0.2, 0.25) is 0 Å². The number of nitrogens with one attached hydrogen (secondary N) is 1. The number of fused-ring (bicyclic) bond motifs is 1. The van der Waals surface area contributed by atoms with Crippen LogP contribution in [0.25, 0.3) is 0 Å². The van der Waals surface area contributed by atoms with E-state index >= 15 is 0 Å². The quantitative estimate of drug-likeness (QED) is 0.592. The molecule has 1 N–H and O–H groups in total. The number of carbonyl (C=O) groups is 2. The number of hydrogen-bond acceptors (Lipinski definition) is 4. The van der Waals surface area contributed by atoms with E-state index in [2.05, 4.69) is 10.1 Å². The molecule has 2 fully saturated rings. The summed E-state index contributed by atoms with van der Waals surface area (Å²) >= 11 is 0. The van der Waals surface area contributed by atoms with Crippen LogP contribution in [0.15, 0.2) is 0 Å². The van der Waals surface area contributed by atoms with Crippen molar-refractivity contribution in [2.75, 3.05) is 7.11 Å². The van der Waals surface area contributed by atoms with Gasteiger partial charge in [0.25, 0.3) is 0 Å². The van der Waals surface area contributed by atoms with E-state index in [9.17, 15) is 9.59 Å². The molecule has 5 nitrogen and oxygen atoms in total. The predicted molar refractivity (Wildman–Crippen MR) is 42.0 cm³/mol. The molecule has 72 valence electrons. The average molecular weight is 185 g/mol. The molecule has 2 atom stereocenters. The lowest BCUT2D eigenvalue weighted by Gasteiger charge is -2.22. The van der Waals surface area contributed by atoms with E-state index in [4.69, 9.17) is 4.74 Å². The van der Waals surface area contributed by atoms with E-state index in [0.29, 0.717) is 6.42 Å². The molecule has 1 heterocycles. The Hall–Kier alpha value is -1.26. The monoisotopic (exact) mass is 185 g/mol. The summed E-state index contributed by atoms with van der Waals surface area (Å²) < 4.78 is 9.61. The Morgan fingerprint density at radius 2 is 2.54 bits per heavy atom. The first kappa shape index (κ1) is 8.34. The molecule has 1 saturated carbocycles. The van der Waals surface area contributed by atoms with Crippen molar-refractivity contribution in [1.82, 2.24) is 5.32 Å². The highest BCUT2D eigenvalue weighted by Crippen LogP contribution is 2.37. The van der Waals surface area contributed by atoms with E-state index in [0.717, 1.165) is 12.8 Å². The van der Waals surface area contributed by atoms with E-state index in [1.54, 1.807) is 0 Å². The Bertz CT molecular complexity index is 265. The van der Waals surface area contributed by atoms with Gasteiger partial charge in [-0.25, -0.2) is 9.59 Å². The van der Waals surface area contributed by atoms with Crippen LogP contribution in [-0.4, -0.2) is 30.8 Å². The molecule has 0 unspecified atom stereocenters. The Balaban J connectivity index is 2.27. The van der Waals surface area contributed by atoms with Gasteiger partial charge < -0.3 is 14.8 Å². The average Bonchev–Trinajstić information content (AvgIpc) is 2.59. The molecule has 0 spiro atoms. The summed E-state index contributed by atoms with van der Waals surface area (Å²) in [5.41, 5.74) is -0.897. The van der Waals surface area contributed by atoms with Gasteiger partial charge in [0.2, 0.25) is 0 Å². The van der Waals surface area contributed by atoms with Crippen LogP contribution < -0.4 is 5.32 Å². The summed E-state index contributed by atoms with van der Waals surface area (Å²) in [5, 5.41) is 2.54. The first-order valence-corrected chi connectivity index (χ1v) is 4.26. The topological polar surface area (TPSA) is 64.6 Å². The summed E-state index contributed by atoms with van der Waals surface area (Å²) in [7, 11) is 1.32. The maximum Gasteiger partial charge on any atom is 0.408 e. The van der Waals surface area contributed by atoms with Gasteiger partial charge in [-0.05, 0) is 19.3 Å². The summed E-state index contributed by atoms with van der Waals surface area (Å²) in [4.78, 5) is 22.4. The first-order valence-electron chi connectivity index (χ1n) is 4.26. The summed E-state index contributed by atoms with van der Waals surface area (Å²) in [5.74, 6) is -0.402. The largest absolute Gasteiger partial charge is 0.467 e. The van der Waals surface area contributed by atoms with E-state index in [1.165, 1.54) is 7.11 Å². The molecule has 13 heavy (non-hydrogen) atoms. The third kappa shape index (κ3) is 0.993. The van der Waals surface area contributed by atoms with E-state index < -0.39 is 17.6 Å². The Kier molecular flexibility index (Phi) is 1.68. The third-order valence-electron chi connectivity index (χ3n) is 2.71. The van der Waals surface area contributed by atoms with E-state index in [1.807, 2.05) is 0 Å². The Labute approximate surface area is 75.4 Å². The molecule has 0 radical (unpaired) electrons. The fourth-order valence-corrected chi connectivity index (χ4v) is 2.08. The lowest BCUT2D eigenvalue weighted by molar-refractivity contribution is -0.149. The minimum atomic E-state index is -0.897. The van der Waals surface area contributed by atoms with Crippen LogP contribution >= 0.6 is 0 Å². The smallest absolute Gasteiger partial charge is 0.408 e. The third-order valence-corrected chi connectivity index (χ3v) is 2.71.